The Morgan fingerprint density at radius 2 is 1.81 bits per heavy atom. The maximum Gasteiger partial charge on any atom is 0.253 e. The van der Waals surface area contributed by atoms with Gasteiger partial charge in [-0.05, 0) is 62.6 Å². The van der Waals surface area contributed by atoms with E-state index in [4.69, 9.17) is 5.73 Å². The first-order chi connectivity index (χ1) is 12.0. The fraction of sp³-hybridized carbons (Fsp3) is 0.600. The van der Waals surface area contributed by atoms with Crippen molar-refractivity contribution in [3.63, 3.8) is 0 Å². The van der Waals surface area contributed by atoms with Crippen LogP contribution in [0.1, 0.15) is 59.7 Å². The first-order valence-electron chi connectivity index (χ1n) is 9.41. The number of carbonyl (C=O) groups excluding carboxylic acids is 2. The molecule has 2 bridgehead atoms. The number of nitrogens with two attached hydrogens (primary N) is 1. The Morgan fingerprint density at radius 1 is 1.19 bits per heavy atom. The Labute approximate surface area is 162 Å². The van der Waals surface area contributed by atoms with Gasteiger partial charge in [-0.1, -0.05) is 12.5 Å². The molecule has 6 heteroatoms. The zero-order valence-electron chi connectivity index (χ0n) is 15.6. The van der Waals surface area contributed by atoms with Crippen LogP contribution in [-0.2, 0) is 0 Å². The summed E-state index contributed by atoms with van der Waals surface area (Å²) >= 11 is 0. The molecule has 0 spiro atoms. The summed E-state index contributed by atoms with van der Waals surface area (Å²) in [4.78, 5) is 26.7. The molecular formula is C20H30ClN3O2. The van der Waals surface area contributed by atoms with Gasteiger partial charge in [-0.15, -0.1) is 12.4 Å². The molecule has 3 rings (SSSR count). The first-order valence-corrected chi connectivity index (χ1v) is 9.41. The van der Waals surface area contributed by atoms with Crippen molar-refractivity contribution in [2.45, 2.75) is 51.1 Å². The second-order valence-electron chi connectivity index (χ2n) is 7.58. The molecule has 2 saturated carbocycles. The van der Waals surface area contributed by atoms with E-state index < -0.39 is 0 Å². The number of carbonyl (C=O) groups is 2. The predicted octanol–water partition coefficient (Wildman–Crippen LogP) is 2.84. The van der Waals surface area contributed by atoms with E-state index in [1.165, 1.54) is 6.42 Å². The zero-order valence-corrected chi connectivity index (χ0v) is 16.4. The molecule has 26 heavy (non-hydrogen) atoms. The number of nitrogens with zero attached hydrogens (tertiary/aromatic N) is 1. The molecule has 2 aliphatic carbocycles. The number of rotatable bonds is 4. The SMILES string of the molecule is CCN(C)C(=O)c1cccc(C(=O)NC2C3CCCC2CC(N)C3)c1.Cl. The maximum atomic E-state index is 12.8. The van der Waals surface area contributed by atoms with E-state index in [0.717, 1.165) is 25.7 Å². The molecule has 144 valence electrons. The van der Waals surface area contributed by atoms with Crippen LogP contribution in [0.15, 0.2) is 24.3 Å². The van der Waals surface area contributed by atoms with E-state index in [0.29, 0.717) is 29.5 Å². The van der Waals surface area contributed by atoms with Crippen molar-refractivity contribution in [1.29, 1.82) is 0 Å². The van der Waals surface area contributed by atoms with Crippen LogP contribution in [0.2, 0.25) is 0 Å². The van der Waals surface area contributed by atoms with Gasteiger partial charge in [0, 0.05) is 36.8 Å². The molecule has 2 fully saturated rings. The third-order valence-corrected chi connectivity index (χ3v) is 5.87. The molecule has 3 N–H and O–H groups in total. The van der Waals surface area contributed by atoms with Crippen LogP contribution in [-0.4, -0.2) is 42.4 Å². The van der Waals surface area contributed by atoms with E-state index in [1.54, 1.807) is 36.2 Å². The van der Waals surface area contributed by atoms with Gasteiger partial charge in [0.05, 0.1) is 0 Å². The summed E-state index contributed by atoms with van der Waals surface area (Å²) in [5.41, 5.74) is 7.29. The molecule has 0 saturated heterocycles. The molecule has 2 atom stereocenters. The lowest BCUT2D eigenvalue weighted by Crippen LogP contribution is -2.53. The Kier molecular flexibility index (Phi) is 7.07. The molecule has 1 aromatic carbocycles. The monoisotopic (exact) mass is 379 g/mol. The number of halogens is 1. The van der Waals surface area contributed by atoms with Crippen molar-refractivity contribution in [2.24, 2.45) is 17.6 Å². The number of hydrogen-bond donors (Lipinski definition) is 2. The van der Waals surface area contributed by atoms with Crippen LogP contribution in [0.3, 0.4) is 0 Å². The summed E-state index contributed by atoms with van der Waals surface area (Å²) in [6.07, 6.45) is 5.54. The molecule has 0 heterocycles. The van der Waals surface area contributed by atoms with Crippen LogP contribution >= 0.6 is 12.4 Å². The number of hydrogen-bond acceptors (Lipinski definition) is 3. The van der Waals surface area contributed by atoms with Gasteiger partial charge in [-0.2, -0.15) is 0 Å². The van der Waals surface area contributed by atoms with Gasteiger partial charge in [0.2, 0.25) is 0 Å². The highest BCUT2D eigenvalue weighted by molar-refractivity contribution is 5.99. The van der Waals surface area contributed by atoms with Crippen molar-refractivity contribution < 1.29 is 9.59 Å². The second-order valence-corrected chi connectivity index (χ2v) is 7.58. The number of amides is 2. The third kappa shape index (κ3) is 4.38. The van der Waals surface area contributed by atoms with Crippen molar-refractivity contribution in [2.75, 3.05) is 13.6 Å². The molecule has 2 unspecified atom stereocenters. The standard InChI is InChI=1S/C20H29N3O2.ClH/c1-3-23(2)20(25)16-9-5-8-15(10-16)19(24)22-18-13-6-4-7-14(18)12-17(21)11-13;/h5,8-10,13-14,17-18H,3-4,6-7,11-12,21H2,1-2H3,(H,22,24);1H. The minimum atomic E-state index is -0.0776. The van der Waals surface area contributed by atoms with Crippen molar-refractivity contribution >= 4 is 24.2 Å². The smallest absolute Gasteiger partial charge is 0.253 e. The van der Waals surface area contributed by atoms with Crippen LogP contribution in [0.5, 0.6) is 0 Å². The molecule has 2 aliphatic rings. The van der Waals surface area contributed by atoms with Gasteiger partial charge in [0.25, 0.3) is 11.8 Å². The number of fused-ring (bicyclic) bond motifs is 2. The fourth-order valence-corrected chi connectivity index (χ4v) is 4.42. The largest absolute Gasteiger partial charge is 0.349 e. The zero-order chi connectivity index (χ0) is 18.0. The predicted molar refractivity (Wildman–Crippen MR) is 106 cm³/mol. The van der Waals surface area contributed by atoms with Gasteiger partial charge in [0.15, 0.2) is 0 Å². The van der Waals surface area contributed by atoms with Gasteiger partial charge >= 0.3 is 0 Å². The van der Waals surface area contributed by atoms with Crippen LogP contribution in [0, 0.1) is 11.8 Å². The fourth-order valence-electron chi connectivity index (χ4n) is 4.42. The van der Waals surface area contributed by atoms with Crippen LogP contribution < -0.4 is 11.1 Å². The highest BCUT2D eigenvalue weighted by atomic mass is 35.5. The lowest BCUT2D eigenvalue weighted by atomic mass is 9.67. The second kappa shape index (κ2) is 8.87. The van der Waals surface area contributed by atoms with E-state index >= 15 is 0 Å². The summed E-state index contributed by atoms with van der Waals surface area (Å²) in [7, 11) is 1.77. The van der Waals surface area contributed by atoms with Crippen LogP contribution in [0.4, 0.5) is 0 Å². The van der Waals surface area contributed by atoms with Crippen molar-refractivity contribution in [1.82, 2.24) is 10.2 Å². The van der Waals surface area contributed by atoms with Gasteiger partial charge in [-0.25, -0.2) is 0 Å². The average molecular weight is 380 g/mol. The Hall–Kier alpha value is -1.59. The first kappa shape index (κ1) is 20.7. The molecular weight excluding hydrogens is 350 g/mol. The van der Waals surface area contributed by atoms with Crippen LogP contribution in [0.25, 0.3) is 0 Å². The molecule has 1 aromatic rings. The topological polar surface area (TPSA) is 75.4 Å². The highest BCUT2D eigenvalue weighted by Crippen LogP contribution is 2.39. The van der Waals surface area contributed by atoms with Crippen molar-refractivity contribution in [3.8, 4) is 0 Å². The minimum absolute atomic E-state index is 0. The Balaban J connectivity index is 0.00000243. The molecule has 5 nitrogen and oxygen atoms in total. The quantitative estimate of drug-likeness (QED) is 0.844. The average Bonchev–Trinajstić information content (AvgIpc) is 2.61. The minimum Gasteiger partial charge on any atom is -0.349 e. The number of nitrogens with one attached hydrogen (secondary N) is 1. The molecule has 0 aromatic heterocycles. The lowest BCUT2D eigenvalue weighted by molar-refractivity contribution is 0.0756. The van der Waals surface area contributed by atoms with E-state index in [1.807, 2.05) is 6.92 Å². The normalized spacial score (nSPS) is 27.2. The van der Waals surface area contributed by atoms with E-state index in [9.17, 15) is 9.59 Å². The summed E-state index contributed by atoms with van der Waals surface area (Å²) in [6.45, 7) is 2.57. The van der Waals surface area contributed by atoms with Crippen molar-refractivity contribution in [3.05, 3.63) is 35.4 Å². The molecule has 2 amide bonds. The van der Waals surface area contributed by atoms with E-state index in [-0.39, 0.29) is 36.3 Å². The summed E-state index contributed by atoms with van der Waals surface area (Å²) < 4.78 is 0. The molecule has 0 radical (unpaired) electrons. The van der Waals surface area contributed by atoms with Gasteiger partial charge in [0.1, 0.15) is 0 Å². The summed E-state index contributed by atoms with van der Waals surface area (Å²) in [5.74, 6) is 0.841. The lowest BCUT2D eigenvalue weighted by Gasteiger charge is -2.45. The van der Waals surface area contributed by atoms with E-state index in [2.05, 4.69) is 5.32 Å². The number of benzene rings is 1. The molecule has 0 aliphatic heterocycles. The summed E-state index contributed by atoms with van der Waals surface area (Å²) in [5, 5.41) is 3.25. The Morgan fingerprint density at radius 3 is 2.42 bits per heavy atom. The highest BCUT2D eigenvalue weighted by Gasteiger charge is 2.39. The van der Waals surface area contributed by atoms with Gasteiger partial charge < -0.3 is 16.0 Å². The Bertz CT molecular complexity index is 638. The summed E-state index contributed by atoms with van der Waals surface area (Å²) in [6, 6.07) is 7.52. The van der Waals surface area contributed by atoms with Gasteiger partial charge in [-0.3, -0.25) is 9.59 Å². The third-order valence-electron chi connectivity index (χ3n) is 5.87. The maximum absolute atomic E-state index is 12.8.